The standard InChI is InChI=1S/C18H20ClN3O2/c19-13-5-3-4-12(10-13)18(8-9-18)17-21-15(22-24-17)11-16(23)20-14-6-1-2-7-14/h3-5,10,14H,1-2,6-9,11H2,(H,20,23). The van der Waals surface area contributed by atoms with Crippen LogP contribution in [0.3, 0.4) is 0 Å². The van der Waals surface area contributed by atoms with Gasteiger partial charge in [-0.3, -0.25) is 4.79 Å². The summed E-state index contributed by atoms with van der Waals surface area (Å²) in [5.41, 5.74) is 0.874. The second-order valence-corrected chi connectivity index (χ2v) is 7.27. The Morgan fingerprint density at radius 2 is 2.12 bits per heavy atom. The van der Waals surface area contributed by atoms with Crippen molar-refractivity contribution in [2.45, 2.75) is 56.4 Å². The van der Waals surface area contributed by atoms with Gasteiger partial charge in [-0.25, -0.2) is 0 Å². The Balaban J connectivity index is 1.45. The summed E-state index contributed by atoms with van der Waals surface area (Å²) in [6.07, 6.45) is 6.62. The van der Waals surface area contributed by atoms with Crippen molar-refractivity contribution < 1.29 is 9.32 Å². The lowest BCUT2D eigenvalue weighted by atomic mass is 9.96. The van der Waals surface area contributed by atoms with Crippen LogP contribution >= 0.6 is 11.6 Å². The molecular weight excluding hydrogens is 326 g/mol. The summed E-state index contributed by atoms with van der Waals surface area (Å²) in [6.45, 7) is 0. The zero-order valence-electron chi connectivity index (χ0n) is 13.4. The van der Waals surface area contributed by atoms with Crippen molar-refractivity contribution in [1.29, 1.82) is 0 Å². The lowest BCUT2D eigenvalue weighted by Gasteiger charge is -2.11. The van der Waals surface area contributed by atoms with Crippen LogP contribution in [-0.4, -0.2) is 22.1 Å². The molecule has 4 rings (SSSR count). The first kappa shape index (κ1) is 15.6. The van der Waals surface area contributed by atoms with Crippen molar-refractivity contribution in [2.24, 2.45) is 0 Å². The molecule has 2 aromatic rings. The number of rotatable bonds is 5. The van der Waals surface area contributed by atoms with Gasteiger partial charge in [0.15, 0.2) is 5.82 Å². The quantitative estimate of drug-likeness (QED) is 0.901. The van der Waals surface area contributed by atoms with E-state index >= 15 is 0 Å². The molecule has 5 nitrogen and oxygen atoms in total. The van der Waals surface area contributed by atoms with Crippen LogP contribution in [0, 0.1) is 0 Å². The van der Waals surface area contributed by atoms with Crippen LogP contribution in [-0.2, 0) is 16.6 Å². The highest BCUT2D eigenvalue weighted by Crippen LogP contribution is 2.53. The fraction of sp³-hybridized carbons (Fsp3) is 0.500. The minimum absolute atomic E-state index is 0.0261. The number of benzene rings is 1. The minimum Gasteiger partial charge on any atom is -0.353 e. The van der Waals surface area contributed by atoms with Crippen LogP contribution in [0.1, 0.15) is 55.8 Å². The molecule has 24 heavy (non-hydrogen) atoms. The molecule has 1 N–H and O–H groups in total. The molecule has 0 atom stereocenters. The molecule has 2 aliphatic rings. The van der Waals surface area contributed by atoms with Crippen LogP contribution in [0.5, 0.6) is 0 Å². The smallest absolute Gasteiger partial charge is 0.237 e. The summed E-state index contributed by atoms with van der Waals surface area (Å²) in [7, 11) is 0. The third-order valence-corrected chi connectivity index (χ3v) is 5.28. The van der Waals surface area contributed by atoms with Crippen LogP contribution < -0.4 is 5.32 Å². The van der Waals surface area contributed by atoms with Crippen LogP contribution in [0.2, 0.25) is 5.02 Å². The molecular formula is C18H20ClN3O2. The molecule has 1 aromatic heterocycles. The number of hydrogen-bond acceptors (Lipinski definition) is 4. The number of carbonyl (C=O) groups is 1. The van der Waals surface area contributed by atoms with E-state index < -0.39 is 0 Å². The van der Waals surface area contributed by atoms with Gasteiger partial charge in [-0.2, -0.15) is 4.98 Å². The highest BCUT2D eigenvalue weighted by atomic mass is 35.5. The molecule has 6 heteroatoms. The van der Waals surface area contributed by atoms with Crippen molar-refractivity contribution in [2.75, 3.05) is 0 Å². The Bertz CT molecular complexity index is 748. The van der Waals surface area contributed by atoms with E-state index in [1.54, 1.807) is 0 Å². The molecule has 1 aromatic carbocycles. The molecule has 0 unspecified atom stereocenters. The first-order chi connectivity index (χ1) is 11.7. The van der Waals surface area contributed by atoms with Gasteiger partial charge < -0.3 is 9.84 Å². The van der Waals surface area contributed by atoms with E-state index in [2.05, 4.69) is 15.5 Å². The Kier molecular flexibility index (Phi) is 4.04. The van der Waals surface area contributed by atoms with E-state index in [1.807, 2.05) is 24.3 Å². The molecule has 1 heterocycles. The predicted octanol–water partition coefficient (Wildman–Crippen LogP) is 3.40. The number of aromatic nitrogens is 2. The van der Waals surface area contributed by atoms with Crippen LogP contribution in [0.4, 0.5) is 0 Å². The summed E-state index contributed by atoms with van der Waals surface area (Å²) in [6, 6.07) is 8.09. The van der Waals surface area contributed by atoms with Gasteiger partial charge in [0.2, 0.25) is 11.8 Å². The second-order valence-electron chi connectivity index (χ2n) is 6.83. The number of halogens is 1. The van der Waals surface area contributed by atoms with Crippen molar-refractivity contribution in [3.63, 3.8) is 0 Å². The van der Waals surface area contributed by atoms with Crippen molar-refractivity contribution >= 4 is 17.5 Å². The maximum atomic E-state index is 12.1. The Labute approximate surface area is 145 Å². The molecule has 0 saturated heterocycles. The molecule has 2 aliphatic carbocycles. The van der Waals surface area contributed by atoms with E-state index in [9.17, 15) is 4.79 Å². The summed E-state index contributed by atoms with van der Waals surface area (Å²) in [4.78, 5) is 16.6. The topological polar surface area (TPSA) is 68.0 Å². The minimum atomic E-state index is -0.224. The van der Waals surface area contributed by atoms with Crippen molar-refractivity contribution in [3.8, 4) is 0 Å². The molecule has 0 bridgehead atoms. The maximum absolute atomic E-state index is 12.1. The van der Waals surface area contributed by atoms with Crippen LogP contribution in [0.25, 0.3) is 0 Å². The average molecular weight is 346 g/mol. The lowest BCUT2D eigenvalue weighted by Crippen LogP contribution is -2.33. The predicted molar refractivity (Wildman–Crippen MR) is 89.9 cm³/mol. The molecule has 0 radical (unpaired) electrons. The van der Waals surface area contributed by atoms with Gasteiger partial charge in [0.1, 0.15) is 0 Å². The fourth-order valence-electron chi connectivity index (χ4n) is 3.55. The number of carbonyl (C=O) groups excluding carboxylic acids is 1. The lowest BCUT2D eigenvalue weighted by molar-refractivity contribution is -0.121. The van der Waals surface area contributed by atoms with E-state index in [1.165, 1.54) is 12.8 Å². The normalized spacial score (nSPS) is 19.4. The SMILES string of the molecule is O=C(Cc1noc(C2(c3cccc(Cl)c3)CC2)n1)NC1CCCC1. The number of hydrogen-bond donors (Lipinski definition) is 1. The number of nitrogens with one attached hydrogen (secondary N) is 1. The monoisotopic (exact) mass is 345 g/mol. The van der Waals surface area contributed by atoms with Gasteiger partial charge in [-0.05, 0) is 43.4 Å². The highest BCUT2D eigenvalue weighted by molar-refractivity contribution is 6.30. The third-order valence-electron chi connectivity index (χ3n) is 5.04. The Morgan fingerprint density at radius 1 is 1.33 bits per heavy atom. The zero-order valence-corrected chi connectivity index (χ0v) is 14.2. The summed E-state index contributed by atoms with van der Waals surface area (Å²) < 4.78 is 5.47. The Morgan fingerprint density at radius 3 is 2.83 bits per heavy atom. The summed E-state index contributed by atoms with van der Waals surface area (Å²) >= 11 is 6.10. The summed E-state index contributed by atoms with van der Waals surface area (Å²) in [5, 5.41) is 7.76. The fourth-order valence-corrected chi connectivity index (χ4v) is 3.74. The molecule has 126 valence electrons. The first-order valence-electron chi connectivity index (χ1n) is 8.54. The maximum Gasteiger partial charge on any atom is 0.237 e. The van der Waals surface area contributed by atoms with Gasteiger partial charge >= 0.3 is 0 Å². The van der Waals surface area contributed by atoms with E-state index in [4.69, 9.17) is 16.1 Å². The molecule has 2 saturated carbocycles. The van der Waals surface area contributed by atoms with Gasteiger partial charge in [-0.1, -0.05) is 41.7 Å². The average Bonchev–Trinajstić information content (AvgIpc) is 2.97. The molecule has 0 aliphatic heterocycles. The van der Waals surface area contributed by atoms with Crippen LogP contribution in [0.15, 0.2) is 28.8 Å². The molecule has 1 amide bonds. The van der Waals surface area contributed by atoms with Gasteiger partial charge in [0.25, 0.3) is 0 Å². The number of amides is 1. The molecule has 2 fully saturated rings. The van der Waals surface area contributed by atoms with E-state index in [0.29, 0.717) is 22.8 Å². The van der Waals surface area contributed by atoms with Crippen molar-refractivity contribution in [1.82, 2.24) is 15.5 Å². The van der Waals surface area contributed by atoms with Crippen molar-refractivity contribution in [3.05, 3.63) is 46.6 Å². The van der Waals surface area contributed by atoms with Gasteiger partial charge in [0, 0.05) is 11.1 Å². The van der Waals surface area contributed by atoms with E-state index in [-0.39, 0.29) is 17.7 Å². The van der Waals surface area contributed by atoms with E-state index in [0.717, 1.165) is 31.2 Å². The van der Waals surface area contributed by atoms with Gasteiger partial charge in [-0.15, -0.1) is 0 Å². The largest absolute Gasteiger partial charge is 0.353 e. The zero-order chi connectivity index (χ0) is 16.6. The second kappa shape index (κ2) is 6.20. The Hall–Kier alpha value is -1.88. The highest BCUT2D eigenvalue weighted by Gasteiger charge is 2.51. The van der Waals surface area contributed by atoms with Gasteiger partial charge in [0.05, 0.1) is 11.8 Å². The molecule has 0 spiro atoms. The number of nitrogens with zero attached hydrogens (tertiary/aromatic N) is 2. The first-order valence-corrected chi connectivity index (χ1v) is 8.92. The summed E-state index contributed by atoms with van der Waals surface area (Å²) in [5.74, 6) is 1.02. The third kappa shape index (κ3) is 3.05.